The van der Waals surface area contributed by atoms with Crippen LogP contribution < -0.4 is 0 Å². The monoisotopic (exact) mass is 314 g/mol. The molecule has 1 atom stereocenters. The lowest BCUT2D eigenvalue weighted by Gasteiger charge is -2.31. The van der Waals surface area contributed by atoms with Crippen LogP contribution in [0.1, 0.15) is 67.7 Å². The third-order valence-electron chi connectivity index (χ3n) is 3.52. The summed E-state index contributed by atoms with van der Waals surface area (Å²) in [6.07, 6.45) is 1.32. The van der Waals surface area contributed by atoms with E-state index in [1.54, 1.807) is 0 Å². The molecule has 0 saturated carbocycles. The predicted octanol–water partition coefficient (Wildman–Crippen LogP) is 4.22. The Morgan fingerprint density at radius 1 is 0.864 bits per heavy atom. The van der Waals surface area contributed by atoms with Crippen molar-refractivity contribution in [3.8, 4) is 0 Å². The van der Waals surface area contributed by atoms with Crippen LogP contribution >= 0.6 is 0 Å². The average molecular weight is 314 g/mol. The number of carbonyl (C=O) groups is 2. The number of hydrogen-bond donors (Lipinski definition) is 0. The summed E-state index contributed by atoms with van der Waals surface area (Å²) in [6, 6.07) is 0. The third kappa shape index (κ3) is 7.81. The van der Waals surface area contributed by atoms with Gasteiger partial charge in [-0.2, -0.15) is 0 Å². The SMILES string of the molecule is CCC(CC(=O)OCC(C)C)(CC(C)C)C(=O)OCC(C)C. The highest BCUT2D eigenvalue weighted by Crippen LogP contribution is 2.36. The Morgan fingerprint density at radius 2 is 1.36 bits per heavy atom. The second-order valence-corrected chi connectivity index (χ2v) is 7.48. The van der Waals surface area contributed by atoms with Crippen LogP contribution in [0.3, 0.4) is 0 Å². The molecule has 0 aromatic carbocycles. The summed E-state index contributed by atoms with van der Waals surface area (Å²) >= 11 is 0. The summed E-state index contributed by atoms with van der Waals surface area (Å²) in [6.45, 7) is 14.8. The average Bonchev–Trinajstić information content (AvgIpc) is 2.40. The van der Waals surface area contributed by atoms with Gasteiger partial charge in [0.25, 0.3) is 0 Å². The van der Waals surface area contributed by atoms with Crippen molar-refractivity contribution in [3.63, 3.8) is 0 Å². The third-order valence-corrected chi connectivity index (χ3v) is 3.52. The lowest BCUT2D eigenvalue weighted by atomic mass is 9.75. The van der Waals surface area contributed by atoms with Crippen molar-refractivity contribution < 1.29 is 19.1 Å². The molecule has 0 aromatic heterocycles. The smallest absolute Gasteiger partial charge is 0.312 e. The molecule has 0 aromatic rings. The zero-order valence-corrected chi connectivity index (χ0v) is 15.4. The highest BCUT2D eigenvalue weighted by atomic mass is 16.5. The van der Waals surface area contributed by atoms with Crippen LogP contribution in [-0.4, -0.2) is 25.2 Å². The van der Waals surface area contributed by atoms with E-state index in [0.717, 1.165) is 0 Å². The summed E-state index contributed by atoms with van der Waals surface area (Å²) in [5, 5.41) is 0. The fraction of sp³-hybridized carbons (Fsp3) is 0.889. The summed E-state index contributed by atoms with van der Waals surface area (Å²) < 4.78 is 10.7. The molecule has 0 radical (unpaired) electrons. The normalized spacial score (nSPS) is 14.3. The maximum atomic E-state index is 12.6. The molecule has 0 amide bonds. The standard InChI is InChI=1S/C18H34O4/c1-8-18(9-13(2)3,17(20)22-12-15(6)7)10-16(19)21-11-14(4)5/h13-15H,8-12H2,1-7H3. The van der Waals surface area contributed by atoms with Crippen LogP contribution in [0.25, 0.3) is 0 Å². The molecule has 0 bridgehead atoms. The summed E-state index contributed by atoms with van der Waals surface area (Å²) in [5.74, 6) is 0.310. The first-order valence-electron chi connectivity index (χ1n) is 8.45. The molecule has 1 unspecified atom stereocenters. The van der Waals surface area contributed by atoms with Gasteiger partial charge in [0.15, 0.2) is 0 Å². The van der Waals surface area contributed by atoms with Crippen molar-refractivity contribution in [1.82, 2.24) is 0 Å². The zero-order chi connectivity index (χ0) is 17.3. The molecular formula is C18H34O4. The van der Waals surface area contributed by atoms with Gasteiger partial charge >= 0.3 is 11.9 Å². The van der Waals surface area contributed by atoms with Gasteiger partial charge < -0.3 is 9.47 Å². The molecule has 4 nitrogen and oxygen atoms in total. The maximum Gasteiger partial charge on any atom is 0.312 e. The fourth-order valence-electron chi connectivity index (χ4n) is 2.41. The van der Waals surface area contributed by atoms with Crippen LogP contribution in [0.15, 0.2) is 0 Å². The quantitative estimate of drug-likeness (QED) is 0.567. The molecule has 0 aliphatic carbocycles. The summed E-state index contributed by atoms with van der Waals surface area (Å²) in [5.41, 5.74) is -0.767. The van der Waals surface area contributed by atoms with Crippen molar-refractivity contribution in [1.29, 1.82) is 0 Å². The molecule has 130 valence electrons. The Bertz CT molecular complexity index is 347. The highest BCUT2D eigenvalue weighted by Gasteiger charge is 2.41. The second-order valence-electron chi connectivity index (χ2n) is 7.48. The molecule has 22 heavy (non-hydrogen) atoms. The van der Waals surface area contributed by atoms with Gasteiger partial charge in [0.2, 0.25) is 0 Å². The van der Waals surface area contributed by atoms with Gasteiger partial charge in [0, 0.05) is 0 Å². The van der Waals surface area contributed by atoms with Crippen molar-refractivity contribution >= 4 is 11.9 Å². The van der Waals surface area contributed by atoms with E-state index in [4.69, 9.17) is 9.47 Å². The number of ether oxygens (including phenoxy) is 2. The number of esters is 2. The van der Waals surface area contributed by atoms with E-state index in [9.17, 15) is 9.59 Å². The Hall–Kier alpha value is -1.06. The van der Waals surface area contributed by atoms with Gasteiger partial charge in [0.05, 0.1) is 25.0 Å². The number of carbonyl (C=O) groups excluding carboxylic acids is 2. The summed E-state index contributed by atoms with van der Waals surface area (Å²) in [7, 11) is 0. The largest absolute Gasteiger partial charge is 0.465 e. The Labute approximate surface area is 135 Å². The molecule has 0 N–H and O–H groups in total. The van der Waals surface area contributed by atoms with Gasteiger partial charge in [-0.1, -0.05) is 48.5 Å². The van der Waals surface area contributed by atoms with Crippen LogP contribution in [0, 0.1) is 23.2 Å². The van der Waals surface area contributed by atoms with E-state index in [-0.39, 0.29) is 30.2 Å². The van der Waals surface area contributed by atoms with Crippen LogP contribution in [-0.2, 0) is 19.1 Å². The van der Waals surface area contributed by atoms with Crippen molar-refractivity contribution in [2.75, 3.05) is 13.2 Å². The lowest BCUT2D eigenvalue weighted by Crippen LogP contribution is -2.37. The van der Waals surface area contributed by atoms with Crippen molar-refractivity contribution in [2.45, 2.75) is 67.7 Å². The van der Waals surface area contributed by atoms with Gasteiger partial charge in [-0.3, -0.25) is 9.59 Å². The Kier molecular flexibility index (Phi) is 9.38. The predicted molar refractivity (Wildman–Crippen MR) is 88.4 cm³/mol. The minimum absolute atomic E-state index is 0.103. The molecule has 0 fully saturated rings. The van der Waals surface area contributed by atoms with E-state index in [2.05, 4.69) is 13.8 Å². The summed E-state index contributed by atoms with van der Waals surface area (Å²) in [4.78, 5) is 24.7. The highest BCUT2D eigenvalue weighted by molar-refractivity contribution is 5.83. The minimum atomic E-state index is -0.767. The van der Waals surface area contributed by atoms with Crippen LogP contribution in [0.5, 0.6) is 0 Å². The first-order valence-corrected chi connectivity index (χ1v) is 8.45. The molecule has 4 heteroatoms. The zero-order valence-electron chi connectivity index (χ0n) is 15.4. The van der Waals surface area contributed by atoms with Gasteiger partial charge in [-0.15, -0.1) is 0 Å². The number of hydrogen-bond acceptors (Lipinski definition) is 4. The van der Waals surface area contributed by atoms with Crippen molar-refractivity contribution in [3.05, 3.63) is 0 Å². The lowest BCUT2D eigenvalue weighted by molar-refractivity contribution is -0.165. The van der Waals surface area contributed by atoms with Crippen LogP contribution in [0.4, 0.5) is 0 Å². The van der Waals surface area contributed by atoms with E-state index in [1.807, 2.05) is 34.6 Å². The molecule has 0 aliphatic rings. The van der Waals surface area contributed by atoms with E-state index in [1.165, 1.54) is 0 Å². The van der Waals surface area contributed by atoms with Gasteiger partial charge in [-0.05, 0) is 30.6 Å². The molecule has 0 aliphatic heterocycles. The molecular weight excluding hydrogens is 280 g/mol. The van der Waals surface area contributed by atoms with Crippen molar-refractivity contribution in [2.24, 2.45) is 23.2 Å². The van der Waals surface area contributed by atoms with Gasteiger partial charge in [-0.25, -0.2) is 0 Å². The molecule has 0 rings (SSSR count). The first kappa shape index (κ1) is 20.9. The van der Waals surface area contributed by atoms with E-state index < -0.39 is 5.41 Å². The van der Waals surface area contributed by atoms with Crippen LogP contribution in [0.2, 0.25) is 0 Å². The maximum absolute atomic E-state index is 12.6. The molecule has 0 heterocycles. The number of rotatable bonds is 10. The Morgan fingerprint density at radius 3 is 1.77 bits per heavy atom. The Balaban J connectivity index is 4.98. The molecule has 0 saturated heterocycles. The minimum Gasteiger partial charge on any atom is -0.465 e. The first-order chi connectivity index (χ1) is 10.1. The molecule has 0 spiro atoms. The topological polar surface area (TPSA) is 52.6 Å². The van der Waals surface area contributed by atoms with E-state index in [0.29, 0.717) is 32.0 Å². The second kappa shape index (κ2) is 9.86. The van der Waals surface area contributed by atoms with Gasteiger partial charge in [0.1, 0.15) is 0 Å². The van der Waals surface area contributed by atoms with E-state index >= 15 is 0 Å². The fourth-order valence-corrected chi connectivity index (χ4v) is 2.41.